The molecule has 0 spiro atoms. The Hall–Kier alpha value is -1.14. The van der Waals surface area contributed by atoms with E-state index in [0.717, 1.165) is 19.6 Å². The van der Waals surface area contributed by atoms with Gasteiger partial charge in [0.2, 0.25) is 5.91 Å². The molecular formula is C13H25N3O3. The van der Waals surface area contributed by atoms with E-state index in [1.165, 1.54) is 0 Å². The average molecular weight is 271 g/mol. The minimum atomic E-state index is -0.201. The molecule has 0 aromatic heterocycles. The first-order chi connectivity index (χ1) is 9.11. The van der Waals surface area contributed by atoms with Crippen LogP contribution in [0, 0.1) is 0 Å². The highest BCUT2D eigenvalue weighted by Gasteiger charge is 2.17. The van der Waals surface area contributed by atoms with Crippen molar-refractivity contribution in [3.05, 3.63) is 0 Å². The lowest BCUT2D eigenvalue weighted by atomic mass is 10.2. The van der Waals surface area contributed by atoms with E-state index in [1.54, 1.807) is 6.92 Å². The number of amides is 1. The van der Waals surface area contributed by atoms with Gasteiger partial charge in [-0.1, -0.05) is 0 Å². The van der Waals surface area contributed by atoms with E-state index in [2.05, 4.69) is 22.5 Å². The van der Waals surface area contributed by atoms with Crippen LogP contribution in [0.5, 0.6) is 0 Å². The third kappa shape index (κ3) is 7.12. The van der Waals surface area contributed by atoms with Gasteiger partial charge < -0.3 is 15.4 Å². The van der Waals surface area contributed by atoms with Crippen molar-refractivity contribution in [3.63, 3.8) is 0 Å². The monoisotopic (exact) mass is 271 g/mol. The molecule has 6 heteroatoms. The van der Waals surface area contributed by atoms with E-state index in [-0.39, 0.29) is 11.9 Å². The van der Waals surface area contributed by atoms with Gasteiger partial charge in [0.1, 0.15) is 0 Å². The molecule has 6 nitrogen and oxygen atoms in total. The van der Waals surface area contributed by atoms with Crippen LogP contribution in [0.4, 0.5) is 0 Å². The van der Waals surface area contributed by atoms with E-state index in [0.29, 0.717) is 38.6 Å². The van der Waals surface area contributed by atoms with E-state index >= 15 is 0 Å². The van der Waals surface area contributed by atoms with Crippen molar-refractivity contribution in [1.82, 2.24) is 15.5 Å². The zero-order chi connectivity index (χ0) is 14.1. The molecule has 0 aromatic carbocycles. The smallest absolute Gasteiger partial charge is 0.305 e. The SMILES string of the molecule is CCOC(=O)CCCNC(=O)CN1CCN[C@@H](C)C1. The first-order valence-electron chi connectivity index (χ1n) is 7.00. The van der Waals surface area contributed by atoms with Crippen LogP contribution in [0.15, 0.2) is 0 Å². The average Bonchev–Trinajstić information content (AvgIpc) is 2.35. The standard InChI is InChI=1S/C13H25N3O3/c1-3-19-13(18)5-4-6-15-12(17)10-16-8-7-14-11(2)9-16/h11,14H,3-10H2,1-2H3,(H,15,17)/t11-/m0/s1. The predicted octanol–water partition coefficient (Wildman–Crippen LogP) is -0.260. The number of esters is 1. The molecule has 19 heavy (non-hydrogen) atoms. The molecule has 1 amide bonds. The van der Waals surface area contributed by atoms with Crippen LogP contribution in [-0.2, 0) is 14.3 Å². The normalized spacial score (nSPS) is 20.0. The Morgan fingerprint density at radius 2 is 2.26 bits per heavy atom. The van der Waals surface area contributed by atoms with Crippen LogP contribution in [-0.4, -0.2) is 62.1 Å². The second-order valence-electron chi connectivity index (χ2n) is 4.85. The fraction of sp³-hybridized carbons (Fsp3) is 0.846. The second-order valence-corrected chi connectivity index (χ2v) is 4.85. The van der Waals surface area contributed by atoms with Crippen molar-refractivity contribution in [3.8, 4) is 0 Å². The molecule has 1 aliphatic heterocycles. The third-order valence-electron chi connectivity index (χ3n) is 3.01. The molecule has 1 rings (SSSR count). The van der Waals surface area contributed by atoms with Gasteiger partial charge in [-0.15, -0.1) is 0 Å². The molecule has 0 saturated carbocycles. The third-order valence-corrected chi connectivity index (χ3v) is 3.01. The molecule has 0 radical (unpaired) electrons. The Kier molecular flexibility index (Phi) is 7.43. The molecular weight excluding hydrogens is 246 g/mol. The summed E-state index contributed by atoms with van der Waals surface area (Å²) in [6, 6.07) is 0.436. The predicted molar refractivity (Wildman–Crippen MR) is 72.8 cm³/mol. The molecule has 0 unspecified atom stereocenters. The van der Waals surface area contributed by atoms with Gasteiger partial charge in [0.15, 0.2) is 0 Å². The van der Waals surface area contributed by atoms with E-state index in [9.17, 15) is 9.59 Å². The number of piperazine rings is 1. The number of carbonyl (C=O) groups is 2. The summed E-state index contributed by atoms with van der Waals surface area (Å²) in [5, 5.41) is 6.17. The summed E-state index contributed by atoms with van der Waals surface area (Å²) in [7, 11) is 0. The van der Waals surface area contributed by atoms with Gasteiger partial charge in [-0.25, -0.2) is 0 Å². The van der Waals surface area contributed by atoms with Crippen LogP contribution in [0.1, 0.15) is 26.7 Å². The Labute approximate surface area is 114 Å². The number of nitrogens with zero attached hydrogens (tertiary/aromatic N) is 1. The lowest BCUT2D eigenvalue weighted by molar-refractivity contribution is -0.143. The van der Waals surface area contributed by atoms with Crippen LogP contribution in [0.3, 0.4) is 0 Å². The number of carbonyl (C=O) groups excluding carboxylic acids is 2. The number of hydrogen-bond donors (Lipinski definition) is 2. The van der Waals surface area contributed by atoms with E-state index in [4.69, 9.17) is 4.74 Å². The number of hydrogen-bond acceptors (Lipinski definition) is 5. The Bertz CT molecular complexity index is 297. The number of rotatable bonds is 7. The Morgan fingerprint density at radius 1 is 1.47 bits per heavy atom. The molecule has 0 aliphatic carbocycles. The van der Waals surface area contributed by atoms with Crippen LogP contribution in [0.25, 0.3) is 0 Å². The zero-order valence-electron chi connectivity index (χ0n) is 11.9. The second kappa shape index (κ2) is 8.87. The molecule has 1 fully saturated rings. The minimum Gasteiger partial charge on any atom is -0.466 e. The molecule has 110 valence electrons. The first kappa shape index (κ1) is 15.9. The van der Waals surface area contributed by atoms with Crippen LogP contribution < -0.4 is 10.6 Å². The fourth-order valence-electron chi connectivity index (χ4n) is 2.11. The summed E-state index contributed by atoms with van der Waals surface area (Å²) in [6.45, 7) is 8.00. The van der Waals surface area contributed by atoms with Crippen molar-refractivity contribution in [1.29, 1.82) is 0 Å². The molecule has 1 heterocycles. The maximum atomic E-state index is 11.7. The highest BCUT2D eigenvalue weighted by Crippen LogP contribution is 1.97. The summed E-state index contributed by atoms with van der Waals surface area (Å²) in [5.74, 6) is -0.175. The van der Waals surface area contributed by atoms with E-state index < -0.39 is 0 Å². The van der Waals surface area contributed by atoms with Crippen LogP contribution >= 0.6 is 0 Å². The van der Waals surface area contributed by atoms with Gasteiger partial charge in [-0.2, -0.15) is 0 Å². The number of ether oxygens (including phenoxy) is 1. The Balaban J connectivity index is 2.06. The quantitative estimate of drug-likeness (QED) is 0.493. The number of nitrogens with one attached hydrogen (secondary N) is 2. The highest BCUT2D eigenvalue weighted by atomic mass is 16.5. The summed E-state index contributed by atoms with van der Waals surface area (Å²) in [6.07, 6.45) is 0.987. The molecule has 0 bridgehead atoms. The minimum absolute atomic E-state index is 0.0259. The highest BCUT2D eigenvalue weighted by molar-refractivity contribution is 5.78. The topological polar surface area (TPSA) is 70.7 Å². The lowest BCUT2D eigenvalue weighted by Crippen LogP contribution is -2.51. The van der Waals surface area contributed by atoms with E-state index in [1.807, 2.05) is 0 Å². The molecule has 2 N–H and O–H groups in total. The van der Waals surface area contributed by atoms with Crippen molar-refractivity contribution in [2.75, 3.05) is 39.3 Å². The molecule has 0 aromatic rings. The van der Waals surface area contributed by atoms with Crippen LogP contribution in [0.2, 0.25) is 0 Å². The molecule has 1 saturated heterocycles. The molecule has 1 aliphatic rings. The van der Waals surface area contributed by atoms with Gasteiger partial charge >= 0.3 is 5.97 Å². The van der Waals surface area contributed by atoms with Gasteiger partial charge in [-0.3, -0.25) is 14.5 Å². The zero-order valence-corrected chi connectivity index (χ0v) is 11.9. The van der Waals surface area contributed by atoms with Crippen molar-refractivity contribution >= 4 is 11.9 Å². The maximum Gasteiger partial charge on any atom is 0.305 e. The van der Waals surface area contributed by atoms with Crippen molar-refractivity contribution < 1.29 is 14.3 Å². The Morgan fingerprint density at radius 3 is 2.95 bits per heavy atom. The van der Waals surface area contributed by atoms with Crippen molar-refractivity contribution in [2.24, 2.45) is 0 Å². The van der Waals surface area contributed by atoms with Gasteiger partial charge in [0, 0.05) is 38.6 Å². The lowest BCUT2D eigenvalue weighted by Gasteiger charge is -2.31. The van der Waals surface area contributed by atoms with Gasteiger partial charge in [0.05, 0.1) is 13.2 Å². The van der Waals surface area contributed by atoms with Gasteiger partial charge in [0.25, 0.3) is 0 Å². The maximum absolute atomic E-state index is 11.7. The first-order valence-corrected chi connectivity index (χ1v) is 7.00. The summed E-state index contributed by atoms with van der Waals surface area (Å²) >= 11 is 0. The summed E-state index contributed by atoms with van der Waals surface area (Å²) in [4.78, 5) is 24.9. The van der Waals surface area contributed by atoms with Gasteiger partial charge in [-0.05, 0) is 20.3 Å². The molecule has 1 atom stereocenters. The summed E-state index contributed by atoms with van der Waals surface area (Å²) < 4.78 is 4.82. The largest absolute Gasteiger partial charge is 0.466 e. The van der Waals surface area contributed by atoms with Crippen molar-refractivity contribution in [2.45, 2.75) is 32.7 Å². The fourth-order valence-corrected chi connectivity index (χ4v) is 2.11. The summed E-state index contributed by atoms with van der Waals surface area (Å²) in [5.41, 5.74) is 0.